The molecule has 6 rings (SSSR count). The standard InChI is InChI=1S/C21H25ClN2O3/c1-20(15-4-2-3-5-16(15)22)11-24(19(27)23-20)17-13-6-12-7-14(17)10-21(8-12,9-13)18(25)26/h2-5,12-14,17H,6-11H2,1H3,(H,23,27)(H,25,26). The van der Waals surface area contributed by atoms with Crippen molar-refractivity contribution in [3.05, 3.63) is 34.9 Å². The minimum atomic E-state index is -0.632. The minimum absolute atomic E-state index is 0.0423. The van der Waals surface area contributed by atoms with Crippen LogP contribution < -0.4 is 5.32 Å². The number of benzene rings is 1. The molecule has 1 heterocycles. The van der Waals surface area contributed by atoms with E-state index in [0.717, 1.165) is 24.8 Å². The van der Waals surface area contributed by atoms with E-state index < -0.39 is 16.9 Å². The van der Waals surface area contributed by atoms with Gasteiger partial charge in [-0.05, 0) is 68.4 Å². The van der Waals surface area contributed by atoms with E-state index >= 15 is 0 Å². The first-order valence-corrected chi connectivity index (χ1v) is 10.3. The maximum atomic E-state index is 13.0. The van der Waals surface area contributed by atoms with Crippen molar-refractivity contribution in [3.63, 3.8) is 0 Å². The Labute approximate surface area is 164 Å². The fourth-order valence-electron chi connectivity index (χ4n) is 6.83. The Morgan fingerprint density at radius 3 is 2.52 bits per heavy atom. The number of nitrogens with one attached hydrogen (secondary N) is 1. The maximum Gasteiger partial charge on any atom is 0.318 e. The summed E-state index contributed by atoms with van der Waals surface area (Å²) in [6, 6.07) is 7.78. The fraction of sp³-hybridized carbons (Fsp3) is 0.619. The van der Waals surface area contributed by atoms with Crippen LogP contribution in [0.4, 0.5) is 4.79 Å². The molecule has 1 aliphatic heterocycles. The summed E-state index contributed by atoms with van der Waals surface area (Å²) in [7, 11) is 0. The second-order valence-corrected chi connectivity index (χ2v) is 9.82. The van der Waals surface area contributed by atoms with E-state index in [2.05, 4.69) is 5.32 Å². The highest BCUT2D eigenvalue weighted by Gasteiger charge is 2.61. The highest BCUT2D eigenvalue weighted by atomic mass is 35.5. The van der Waals surface area contributed by atoms with Gasteiger partial charge in [-0.15, -0.1) is 0 Å². The number of aliphatic carboxylic acids is 1. The number of carboxylic acids is 1. The van der Waals surface area contributed by atoms with Crippen molar-refractivity contribution in [2.75, 3.05) is 6.54 Å². The molecular formula is C21H25ClN2O3. The van der Waals surface area contributed by atoms with Crippen molar-refractivity contribution < 1.29 is 14.7 Å². The van der Waals surface area contributed by atoms with Crippen LogP contribution in [0.1, 0.15) is 44.6 Å². The largest absolute Gasteiger partial charge is 0.481 e. The van der Waals surface area contributed by atoms with Gasteiger partial charge in [0.05, 0.1) is 11.0 Å². The van der Waals surface area contributed by atoms with Crippen molar-refractivity contribution in [1.82, 2.24) is 10.2 Å². The highest BCUT2D eigenvalue weighted by Crippen LogP contribution is 2.61. The predicted octanol–water partition coefficient (Wildman–Crippen LogP) is 3.86. The molecule has 5 fully saturated rings. The van der Waals surface area contributed by atoms with Crippen LogP contribution in [0.25, 0.3) is 0 Å². The molecule has 3 atom stereocenters. The highest BCUT2D eigenvalue weighted by molar-refractivity contribution is 6.31. The number of carboxylic acid groups (broad SMARTS) is 1. The molecule has 0 aromatic heterocycles. The molecule has 6 heteroatoms. The second kappa shape index (κ2) is 5.63. The Morgan fingerprint density at radius 1 is 1.22 bits per heavy atom. The van der Waals surface area contributed by atoms with Crippen LogP contribution >= 0.6 is 11.6 Å². The number of rotatable bonds is 3. The Morgan fingerprint density at radius 2 is 1.89 bits per heavy atom. The van der Waals surface area contributed by atoms with Gasteiger partial charge in [-0.3, -0.25) is 4.79 Å². The maximum absolute atomic E-state index is 13.0. The van der Waals surface area contributed by atoms with E-state index in [1.54, 1.807) is 0 Å². The molecule has 0 spiro atoms. The minimum Gasteiger partial charge on any atom is -0.481 e. The third-order valence-corrected chi connectivity index (χ3v) is 7.97. The van der Waals surface area contributed by atoms with Crippen molar-refractivity contribution in [3.8, 4) is 0 Å². The molecule has 5 aliphatic rings. The van der Waals surface area contributed by atoms with Gasteiger partial charge in [0.15, 0.2) is 0 Å². The van der Waals surface area contributed by atoms with Gasteiger partial charge in [0.1, 0.15) is 0 Å². The van der Waals surface area contributed by atoms with Crippen LogP contribution in [0.5, 0.6) is 0 Å². The van der Waals surface area contributed by atoms with Crippen molar-refractivity contribution >= 4 is 23.6 Å². The van der Waals surface area contributed by atoms with Crippen LogP contribution in [0.2, 0.25) is 5.02 Å². The number of carbonyl (C=O) groups is 2. The zero-order valence-corrected chi connectivity index (χ0v) is 16.2. The molecule has 0 radical (unpaired) electrons. The average Bonchev–Trinajstić information content (AvgIpc) is 2.90. The average molecular weight is 389 g/mol. The first kappa shape index (κ1) is 17.4. The lowest BCUT2D eigenvalue weighted by Gasteiger charge is -2.59. The van der Waals surface area contributed by atoms with E-state index in [1.807, 2.05) is 36.1 Å². The molecule has 3 unspecified atom stereocenters. The Bertz CT molecular complexity index is 811. The Kier molecular flexibility index (Phi) is 3.62. The van der Waals surface area contributed by atoms with Crippen molar-refractivity contribution in [2.24, 2.45) is 23.2 Å². The zero-order chi connectivity index (χ0) is 19.0. The van der Waals surface area contributed by atoms with Crippen LogP contribution in [-0.4, -0.2) is 34.6 Å². The van der Waals surface area contributed by atoms with Gasteiger partial charge in [0, 0.05) is 17.6 Å². The number of nitrogens with zero attached hydrogens (tertiary/aromatic N) is 1. The Balaban J connectivity index is 1.44. The quantitative estimate of drug-likeness (QED) is 0.826. The summed E-state index contributed by atoms with van der Waals surface area (Å²) in [6.07, 6.45) is 4.37. The van der Waals surface area contributed by atoms with Crippen LogP contribution in [0, 0.1) is 23.2 Å². The van der Waals surface area contributed by atoms with Crippen LogP contribution in [0.15, 0.2) is 24.3 Å². The van der Waals surface area contributed by atoms with E-state index in [4.69, 9.17) is 11.6 Å². The molecule has 2 amide bonds. The summed E-state index contributed by atoms with van der Waals surface area (Å²) in [4.78, 5) is 26.9. The normalized spacial score (nSPS) is 42.4. The zero-order valence-electron chi connectivity index (χ0n) is 15.5. The van der Waals surface area contributed by atoms with E-state index in [1.165, 1.54) is 0 Å². The number of amides is 2. The monoisotopic (exact) mass is 388 g/mol. The number of halogens is 1. The van der Waals surface area contributed by atoms with E-state index in [0.29, 0.717) is 42.2 Å². The smallest absolute Gasteiger partial charge is 0.318 e. The predicted molar refractivity (Wildman–Crippen MR) is 101 cm³/mol. The molecular weight excluding hydrogens is 364 g/mol. The molecule has 1 aromatic rings. The lowest BCUT2D eigenvalue weighted by Crippen LogP contribution is -2.61. The molecule has 2 N–H and O–H groups in total. The van der Waals surface area contributed by atoms with Gasteiger partial charge in [0.2, 0.25) is 0 Å². The SMILES string of the molecule is CC1(c2ccccc2Cl)CN(C2C3CC4CC2CC(C(=O)O)(C4)C3)C(=O)N1. The third kappa shape index (κ3) is 2.43. The van der Waals surface area contributed by atoms with Crippen molar-refractivity contribution in [1.29, 1.82) is 0 Å². The molecule has 4 bridgehead atoms. The second-order valence-electron chi connectivity index (χ2n) is 9.42. The lowest BCUT2D eigenvalue weighted by atomic mass is 9.47. The molecule has 144 valence electrons. The molecule has 4 aliphatic carbocycles. The first-order chi connectivity index (χ1) is 12.8. The lowest BCUT2D eigenvalue weighted by molar-refractivity contribution is -0.170. The van der Waals surface area contributed by atoms with Gasteiger partial charge in [-0.2, -0.15) is 0 Å². The summed E-state index contributed by atoms with van der Waals surface area (Å²) in [6.45, 7) is 2.61. The van der Waals surface area contributed by atoms with Crippen molar-refractivity contribution in [2.45, 2.75) is 50.6 Å². The van der Waals surface area contributed by atoms with Gasteiger partial charge in [-0.25, -0.2) is 4.79 Å². The van der Waals surface area contributed by atoms with Crippen LogP contribution in [-0.2, 0) is 10.3 Å². The molecule has 1 aromatic carbocycles. The summed E-state index contributed by atoms with van der Waals surface area (Å²) in [5.74, 6) is 0.473. The molecule has 5 nitrogen and oxygen atoms in total. The Hall–Kier alpha value is -1.75. The van der Waals surface area contributed by atoms with E-state index in [-0.39, 0.29) is 12.1 Å². The first-order valence-electron chi connectivity index (χ1n) is 9.88. The van der Waals surface area contributed by atoms with Gasteiger partial charge >= 0.3 is 12.0 Å². The number of hydrogen-bond acceptors (Lipinski definition) is 2. The topological polar surface area (TPSA) is 69.6 Å². The molecule has 1 saturated heterocycles. The number of carbonyl (C=O) groups excluding carboxylic acids is 1. The van der Waals surface area contributed by atoms with Crippen LogP contribution in [0.3, 0.4) is 0 Å². The fourth-order valence-corrected chi connectivity index (χ4v) is 7.17. The van der Waals surface area contributed by atoms with Gasteiger partial charge in [0.25, 0.3) is 0 Å². The summed E-state index contributed by atoms with van der Waals surface area (Å²) in [5, 5.41) is 13.7. The summed E-state index contributed by atoms with van der Waals surface area (Å²) >= 11 is 6.41. The van der Waals surface area contributed by atoms with Gasteiger partial charge in [-0.1, -0.05) is 29.8 Å². The van der Waals surface area contributed by atoms with E-state index in [9.17, 15) is 14.7 Å². The summed E-state index contributed by atoms with van der Waals surface area (Å²) < 4.78 is 0. The number of hydrogen-bond donors (Lipinski definition) is 2. The number of urea groups is 1. The van der Waals surface area contributed by atoms with Gasteiger partial charge < -0.3 is 15.3 Å². The molecule has 4 saturated carbocycles. The summed E-state index contributed by atoms with van der Waals surface area (Å²) in [5.41, 5.74) is -0.127. The third-order valence-electron chi connectivity index (χ3n) is 7.64. The molecule has 27 heavy (non-hydrogen) atoms.